The molecule has 22 heavy (non-hydrogen) atoms. The Labute approximate surface area is 131 Å². The van der Waals surface area contributed by atoms with E-state index >= 15 is 0 Å². The van der Waals surface area contributed by atoms with E-state index in [0.717, 1.165) is 5.56 Å². The molecule has 1 aliphatic rings. The van der Waals surface area contributed by atoms with Crippen LogP contribution in [0.4, 0.5) is 0 Å². The van der Waals surface area contributed by atoms with Gasteiger partial charge in [0.2, 0.25) is 5.28 Å². The third-order valence-corrected chi connectivity index (χ3v) is 3.73. The Hall–Kier alpha value is -2.52. The third kappa shape index (κ3) is 2.90. The van der Waals surface area contributed by atoms with Crippen LogP contribution in [0.15, 0.2) is 41.8 Å². The van der Waals surface area contributed by atoms with Gasteiger partial charge in [0.1, 0.15) is 10.9 Å². The van der Waals surface area contributed by atoms with Gasteiger partial charge < -0.3 is 4.57 Å². The van der Waals surface area contributed by atoms with Crippen molar-refractivity contribution in [3.63, 3.8) is 0 Å². The maximum Gasteiger partial charge on any atom is 0.268 e. The number of hydrogen-bond acceptors (Lipinski definition) is 4. The van der Waals surface area contributed by atoms with Crippen LogP contribution in [0.5, 0.6) is 0 Å². The Morgan fingerprint density at radius 2 is 2.14 bits per heavy atom. The van der Waals surface area contributed by atoms with E-state index in [2.05, 4.69) is 21.0 Å². The number of halogens is 1. The fourth-order valence-corrected chi connectivity index (χ4v) is 2.13. The molecule has 2 heterocycles. The molecule has 6 nitrogen and oxygen atoms in total. The van der Waals surface area contributed by atoms with Gasteiger partial charge in [-0.2, -0.15) is 10.3 Å². The average Bonchev–Trinajstić information content (AvgIpc) is 3.33. The van der Waals surface area contributed by atoms with Crippen molar-refractivity contribution in [1.29, 1.82) is 5.26 Å². The van der Waals surface area contributed by atoms with Crippen LogP contribution in [0.1, 0.15) is 18.4 Å². The average molecular weight is 314 g/mol. The molecule has 0 aromatic carbocycles. The van der Waals surface area contributed by atoms with Gasteiger partial charge in [-0.3, -0.25) is 4.79 Å². The predicted molar refractivity (Wildman–Crippen MR) is 78.4 cm³/mol. The Morgan fingerprint density at radius 3 is 2.77 bits per heavy atom. The van der Waals surface area contributed by atoms with Gasteiger partial charge in [0.15, 0.2) is 0 Å². The molecule has 0 spiro atoms. The molecule has 3 rings (SSSR count). The molecule has 0 unspecified atom stereocenters. The second-order valence-corrected chi connectivity index (χ2v) is 5.50. The number of nitrogens with zero attached hydrogens (tertiary/aromatic N) is 5. The van der Waals surface area contributed by atoms with Gasteiger partial charge in [0.25, 0.3) is 5.91 Å². The van der Waals surface area contributed by atoms with Crippen LogP contribution >= 0.6 is 11.6 Å². The van der Waals surface area contributed by atoms with Gasteiger partial charge in [-0.05, 0) is 36.6 Å². The molecule has 110 valence electrons. The molecule has 0 N–H and O–H groups in total. The molecule has 2 aromatic heterocycles. The summed E-state index contributed by atoms with van der Waals surface area (Å²) in [6, 6.07) is 7.44. The lowest BCUT2D eigenvalue weighted by molar-refractivity contribution is -0.121. The number of nitriles is 1. The lowest BCUT2D eigenvalue weighted by atomic mass is 10.1. The first-order chi connectivity index (χ1) is 10.6. The normalized spacial score (nSPS) is 16.1. The summed E-state index contributed by atoms with van der Waals surface area (Å²) in [7, 11) is 0. The summed E-state index contributed by atoms with van der Waals surface area (Å²) in [5.41, 5.74) is 0.437. The number of carbonyl (C=O) groups is 1. The standard InChI is InChI=1S/C15H12ClN5O/c16-14-18-7-11(8-19-14)9-21-6-2-1-3-12(21)20-13(22)15(10-17)4-5-15/h1-3,6-8H,4-5,9H2/b20-12+. The van der Waals surface area contributed by atoms with Crippen LogP contribution in [0.3, 0.4) is 0 Å². The number of hydrogen-bond donors (Lipinski definition) is 0. The number of amides is 1. The summed E-state index contributed by atoms with van der Waals surface area (Å²) in [6.07, 6.45) is 6.23. The van der Waals surface area contributed by atoms with Gasteiger partial charge >= 0.3 is 0 Å². The van der Waals surface area contributed by atoms with Crippen molar-refractivity contribution in [3.05, 3.63) is 53.1 Å². The highest BCUT2D eigenvalue weighted by Gasteiger charge is 2.50. The summed E-state index contributed by atoms with van der Waals surface area (Å²) in [5, 5.41) is 9.26. The molecule has 0 bridgehead atoms. The van der Waals surface area contributed by atoms with Gasteiger partial charge in [-0.25, -0.2) is 9.97 Å². The zero-order chi connectivity index (χ0) is 15.6. The summed E-state index contributed by atoms with van der Waals surface area (Å²) in [4.78, 5) is 24.1. The maximum absolute atomic E-state index is 12.1. The minimum absolute atomic E-state index is 0.187. The zero-order valence-corrected chi connectivity index (χ0v) is 12.4. The molecule has 0 saturated heterocycles. The molecule has 0 radical (unpaired) electrons. The van der Waals surface area contributed by atoms with Crippen molar-refractivity contribution in [1.82, 2.24) is 14.5 Å². The summed E-state index contributed by atoms with van der Waals surface area (Å²) >= 11 is 5.67. The molecule has 0 aliphatic heterocycles. The first-order valence-corrected chi connectivity index (χ1v) is 7.13. The lowest BCUT2D eigenvalue weighted by Crippen LogP contribution is -2.24. The monoisotopic (exact) mass is 313 g/mol. The highest BCUT2D eigenvalue weighted by atomic mass is 35.5. The van der Waals surface area contributed by atoms with Crippen molar-refractivity contribution in [2.24, 2.45) is 10.4 Å². The minimum Gasteiger partial charge on any atom is -0.328 e. The van der Waals surface area contributed by atoms with E-state index in [0.29, 0.717) is 24.9 Å². The molecular formula is C15H12ClN5O. The molecule has 1 fully saturated rings. The first kappa shape index (κ1) is 14.4. The van der Waals surface area contributed by atoms with Gasteiger partial charge in [0.05, 0.1) is 12.6 Å². The Morgan fingerprint density at radius 1 is 1.41 bits per heavy atom. The lowest BCUT2D eigenvalue weighted by Gasteiger charge is -2.07. The minimum atomic E-state index is -0.906. The second kappa shape index (κ2) is 5.70. The van der Waals surface area contributed by atoms with Crippen LogP contribution in [0, 0.1) is 16.7 Å². The quantitative estimate of drug-likeness (QED) is 0.807. The molecule has 1 amide bonds. The maximum atomic E-state index is 12.1. The van der Waals surface area contributed by atoms with E-state index in [1.54, 1.807) is 29.1 Å². The number of carbonyl (C=O) groups excluding carboxylic acids is 1. The van der Waals surface area contributed by atoms with Crippen molar-refractivity contribution in [2.45, 2.75) is 19.4 Å². The molecular weight excluding hydrogens is 302 g/mol. The SMILES string of the molecule is N#CC1(C(=O)/N=c2\ccccn2Cc2cnc(Cl)nc2)CC1. The summed E-state index contributed by atoms with van der Waals surface area (Å²) < 4.78 is 1.80. The predicted octanol–water partition coefficient (Wildman–Crippen LogP) is 1.71. The smallest absolute Gasteiger partial charge is 0.268 e. The highest BCUT2D eigenvalue weighted by Crippen LogP contribution is 2.45. The molecule has 1 aliphatic carbocycles. The Bertz CT molecular complexity index is 815. The van der Waals surface area contributed by atoms with Crippen molar-refractivity contribution >= 4 is 17.5 Å². The zero-order valence-electron chi connectivity index (χ0n) is 11.6. The molecule has 2 aromatic rings. The summed E-state index contributed by atoms with van der Waals surface area (Å²) in [5.74, 6) is -0.373. The topological polar surface area (TPSA) is 83.9 Å². The fourth-order valence-electron chi connectivity index (χ4n) is 2.03. The van der Waals surface area contributed by atoms with Crippen LogP contribution in [0.25, 0.3) is 0 Å². The molecule has 0 atom stereocenters. The summed E-state index contributed by atoms with van der Waals surface area (Å²) in [6.45, 7) is 0.462. The Kier molecular flexibility index (Phi) is 3.73. The van der Waals surface area contributed by atoms with E-state index in [4.69, 9.17) is 16.9 Å². The van der Waals surface area contributed by atoms with Crippen LogP contribution in [-0.4, -0.2) is 20.4 Å². The van der Waals surface area contributed by atoms with E-state index in [1.165, 1.54) is 0 Å². The van der Waals surface area contributed by atoms with Gasteiger partial charge in [-0.1, -0.05) is 6.07 Å². The van der Waals surface area contributed by atoms with Crippen molar-refractivity contribution in [3.8, 4) is 6.07 Å². The van der Waals surface area contributed by atoms with Gasteiger partial charge in [0, 0.05) is 24.2 Å². The number of aromatic nitrogens is 3. The third-order valence-electron chi connectivity index (χ3n) is 3.53. The van der Waals surface area contributed by atoms with Crippen LogP contribution < -0.4 is 5.49 Å². The van der Waals surface area contributed by atoms with Gasteiger partial charge in [-0.15, -0.1) is 0 Å². The van der Waals surface area contributed by atoms with E-state index < -0.39 is 5.41 Å². The van der Waals surface area contributed by atoms with E-state index in [-0.39, 0.29) is 11.2 Å². The van der Waals surface area contributed by atoms with Crippen LogP contribution in [0.2, 0.25) is 5.28 Å². The molecule has 7 heteroatoms. The first-order valence-electron chi connectivity index (χ1n) is 6.75. The second-order valence-electron chi connectivity index (χ2n) is 5.16. The van der Waals surface area contributed by atoms with Crippen molar-refractivity contribution < 1.29 is 4.79 Å². The van der Waals surface area contributed by atoms with Crippen molar-refractivity contribution in [2.75, 3.05) is 0 Å². The van der Waals surface area contributed by atoms with E-state index in [1.807, 2.05) is 12.3 Å². The highest BCUT2D eigenvalue weighted by molar-refractivity contribution is 6.28. The van der Waals surface area contributed by atoms with Crippen LogP contribution in [-0.2, 0) is 11.3 Å². The fraction of sp³-hybridized carbons (Fsp3) is 0.267. The Balaban J connectivity index is 1.92. The molecule has 1 saturated carbocycles. The van der Waals surface area contributed by atoms with E-state index in [9.17, 15) is 4.79 Å². The number of pyridine rings is 1. The largest absolute Gasteiger partial charge is 0.328 e. The number of rotatable bonds is 3.